The van der Waals surface area contributed by atoms with E-state index in [1.807, 2.05) is 0 Å². The molecule has 0 aliphatic carbocycles. The Morgan fingerprint density at radius 1 is 1.00 bits per heavy atom. The van der Waals surface area contributed by atoms with Crippen LogP contribution in [0, 0.1) is 0 Å². The Morgan fingerprint density at radius 2 is 1.62 bits per heavy atom. The molecule has 1 aromatic carbocycles. The fraction of sp³-hybridized carbons (Fsp3) is 0.500. The van der Waals surface area contributed by atoms with Crippen LogP contribution >= 0.6 is 0 Å². The highest BCUT2D eigenvalue weighted by Gasteiger charge is 2.08. The summed E-state index contributed by atoms with van der Waals surface area (Å²) >= 11 is 0. The second kappa shape index (κ2) is 6.48. The van der Waals surface area contributed by atoms with Gasteiger partial charge in [0, 0.05) is 0 Å². The van der Waals surface area contributed by atoms with Crippen molar-refractivity contribution in [1.29, 1.82) is 0 Å². The van der Waals surface area contributed by atoms with E-state index in [9.17, 15) is 5.11 Å². The Labute approximate surface area is 94.8 Å². The topological polar surface area (TPSA) is 80.9 Å². The van der Waals surface area contributed by atoms with E-state index in [-0.39, 0.29) is 12.4 Å². The van der Waals surface area contributed by atoms with Crippen LogP contribution in [-0.4, -0.2) is 33.1 Å². The molecular formula is C12H18O4. The van der Waals surface area contributed by atoms with Gasteiger partial charge in [0.25, 0.3) is 0 Å². The maximum atomic E-state index is 9.77. The highest BCUT2D eigenvalue weighted by atomic mass is 16.3. The number of aliphatic hydroxyl groups excluding tert-OH is 3. The molecule has 0 fully saturated rings. The lowest BCUT2D eigenvalue weighted by Gasteiger charge is -2.12. The Hall–Kier alpha value is -1.10. The van der Waals surface area contributed by atoms with Crippen LogP contribution in [0.2, 0.25) is 0 Å². The summed E-state index contributed by atoms with van der Waals surface area (Å²) in [5.41, 5.74) is 0.747. The number of phenolic OH excluding ortho intramolecular Hbond substituents is 1. The van der Waals surface area contributed by atoms with Crippen LogP contribution in [0.5, 0.6) is 5.75 Å². The number of benzene rings is 1. The molecule has 4 nitrogen and oxygen atoms in total. The van der Waals surface area contributed by atoms with Crippen LogP contribution in [-0.2, 0) is 0 Å². The van der Waals surface area contributed by atoms with Crippen molar-refractivity contribution in [2.45, 2.75) is 31.5 Å². The number of aromatic hydroxyl groups is 1. The van der Waals surface area contributed by atoms with Gasteiger partial charge >= 0.3 is 0 Å². The maximum absolute atomic E-state index is 9.77. The Bertz CT molecular complexity index is 296. The van der Waals surface area contributed by atoms with Crippen LogP contribution < -0.4 is 0 Å². The standard InChI is InChI=1S/C12H18O4/c13-8-11(15)2-1-3-12(16)9-4-6-10(14)7-5-9/h4-7,11-16H,1-3,8H2. The molecule has 0 saturated carbocycles. The Morgan fingerprint density at radius 3 is 2.19 bits per heavy atom. The fourth-order valence-electron chi connectivity index (χ4n) is 1.50. The zero-order valence-electron chi connectivity index (χ0n) is 9.08. The first-order chi connectivity index (χ1) is 7.63. The summed E-state index contributed by atoms with van der Waals surface area (Å²) in [7, 11) is 0. The molecule has 16 heavy (non-hydrogen) atoms. The monoisotopic (exact) mass is 226 g/mol. The summed E-state index contributed by atoms with van der Waals surface area (Å²) < 4.78 is 0. The normalized spacial score (nSPS) is 14.7. The van der Waals surface area contributed by atoms with Gasteiger partial charge in [0.05, 0.1) is 18.8 Å². The summed E-state index contributed by atoms with van der Waals surface area (Å²) in [6.07, 6.45) is 0.357. The predicted molar refractivity (Wildman–Crippen MR) is 60.0 cm³/mol. The average molecular weight is 226 g/mol. The SMILES string of the molecule is OCC(O)CCCC(O)c1ccc(O)cc1. The summed E-state index contributed by atoms with van der Waals surface area (Å²) in [4.78, 5) is 0. The number of aliphatic hydroxyl groups is 3. The van der Waals surface area contributed by atoms with Crippen molar-refractivity contribution in [1.82, 2.24) is 0 Å². The molecule has 1 aromatic rings. The summed E-state index contributed by atoms with van der Waals surface area (Å²) in [5.74, 6) is 0.173. The first kappa shape index (κ1) is 13.0. The van der Waals surface area contributed by atoms with Gasteiger partial charge < -0.3 is 20.4 Å². The number of hydrogen-bond donors (Lipinski definition) is 4. The molecule has 90 valence electrons. The minimum atomic E-state index is -0.702. The van der Waals surface area contributed by atoms with Crippen molar-refractivity contribution in [3.05, 3.63) is 29.8 Å². The molecule has 0 aliphatic rings. The molecule has 4 heteroatoms. The van der Waals surface area contributed by atoms with Gasteiger partial charge in [-0.15, -0.1) is 0 Å². The minimum Gasteiger partial charge on any atom is -0.508 e. The van der Waals surface area contributed by atoms with E-state index in [2.05, 4.69) is 0 Å². The van der Waals surface area contributed by atoms with Crippen molar-refractivity contribution in [2.24, 2.45) is 0 Å². The third-order valence-electron chi connectivity index (χ3n) is 2.50. The maximum Gasteiger partial charge on any atom is 0.115 e. The molecule has 0 aliphatic heterocycles. The second-order valence-electron chi connectivity index (χ2n) is 3.87. The molecule has 4 N–H and O–H groups in total. The summed E-state index contributed by atoms with van der Waals surface area (Å²) in [6, 6.07) is 6.40. The zero-order valence-corrected chi connectivity index (χ0v) is 9.08. The van der Waals surface area contributed by atoms with Crippen molar-refractivity contribution in [2.75, 3.05) is 6.61 Å². The molecule has 0 bridgehead atoms. The molecule has 0 amide bonds. The third kappa shape index (κ3) is 4.18. The van der Waals surface area contributed by atoms with Crippen LogP contribution in [0.3, 0.4) is 0 Å². The van der Waals surface area contributed by atoms with Crippen LogP contribution in [0.4, 0.5) is 0 Å². The van der Waals surface area contributed by atoms with E-state index in [1.54, 1.807) is 12.1 Å². The Balaban J connectivity index is 2.35. The van der Waals surface area contributed by atoms with E-state index >= 15 is 0 Å². The largest absolute Gasteiger partial charge is 0.508 e. The van der Waals surface area contributed by atoms with Crippen molar-refractivity contribution < 1.29 is 20.4 Å². The lowest BCUT2D eigenvalue weighted by atomic mass is 10.0. The molecule has 1 rings (SSSR count). The van der Waals surface area contributed by atoms with Crippen molar-refractivity contribution in [3.8, 4) is 5.75 Å². The highest BCUT2D eigenvalue weighted by Crippen LogP contribution is 2.21. The third-order valence-corrected chi connectivity index (χ3v) is 2.50. The number of rotatable bonds is 6. The minimum absolute atomic E-state index is 0.173. The van der Waals surface area contributed by atoms with Gasteiger partial charge in [-0.25, -0.2) is 0 Å². The van der Waals surface area contributed by atoms with Gasteiger partial charge in [-0.3, -0.25) is 0 Å². The van der Waals surface area contributed by atoms with E-state index in [4.69, 9.17) is 15.3 Å². The molecule has 0 spiro atoms. The van der Waals surface area contributed by atoms with Crippen LogP contribution in [0.1, 0.15) is 30.9 Å². The van der Waals surface area contributed by atoms with Gasteiger partial charge in [0.2, 0.25) is 0 Å². The van der Waals surface area contributed by atoms with Crippen molar-refractivity contribution >= 4 is 0 Å². The molecule has 2 unspecified atom stereocenters. The quantitative estimate of drug-likeness (QED) is 0.582. The molecule has 0 heterocycles. The molecule has 0 radical (unpaired) electrons. The first-order valence-electron chi connectivity index (χ1n) is 5.39. The summed E-state index contributed by atoms with van der Waals surface area (Å²) in [6.45, 7) is -0.241. The van der Waals surface area contributed by atoms with Gasteiger partial charge in [0.1, 0.15) is 5.75 Å². The molecular weight excluding hydrogens is 208 g/mol. The lowest BCUT2D eigenvalue weighted by molar-refractivity contribution is 0.0801. The van der Waals surface area contributed by atoms with E-state index in [1.165, 1.54) is 12.1 Å². The van der Waals surface area contributed by atoms with E-state index < -0.39 is 12.2 Å². The highest BCUT2D eigenvalue weighted by molar-refractivity contribution is 5.27. The fourth-order valence-corrected chi connectivity index (χ4v) is 1.50. The van der Waals surface area contributed by atoms with E-state index in [0.29, 0.717) is 19.3 Å². The van der Waals surface area contributed by atoms with Crippen LogP contribution in [0.25, 0.3) is 0 Å². The zero-order chi connectivity index (χ0) is 12.0. The predicted octanol–water partition coefficient (Wildman–Crippen LogP) is 0.949. The van der Waals surface area contributed by atoms with Gasteiger partial charge in [-0.2, -0.15) is 0 Å². The first-order valence-corrected chi connectivity index (χ1v) is 5.39. The van der Waals surface area contributed by atoms with Gasteiger partial charge in [-0.05, 0) is 37.0 Å². The second-order valence-corrected chi connectivity index (χ2v) is 3.87. The summed E-state index contributed by atoms with van der Waals surface area (Å²) in [5, 5.41) is 36.6. The smallest absolute Gasteiger partial charge is 0.115 e. The Kier molecular flexibility index (Phi) is 5.25. The molecule has 2 atom stereocenters. The molecule has 0 aromatic heterocycles. The molecule has 0 saturated heterocycles. The number of phenols is 1. The van der Waals surface area contributed by atoms with Crippen LogP contribution in [0.15, 0.2) is 24.3 Å². The average Bonchev–Trinajstić information content (AvgIpc) is 2.29. The van der Waals surface area contributed by atoms with Crippen molar-refractivity contribution in [3.63, 3.8) is 0 Å². The van der Waals surface area contributed by atoms with Gasteiger partial charge in [-0.1, -0.05) is 12.1 Å². The van der Waals surface area contributed by atoms with Gasteiger partial charge in [0.15, 0.2) is 0 Å². The lowest BCUT2D eigenvalue weighted by Crippen LogP contribution is -2.11. The van der Waals surface area contributed by atoms with E-state index in [0.717, 1.165) is 5.56 Å². The number of hydrogen-bond acceptors (Lipinski definition) is 4.